The Bertz CT molecular complexity index is 3700. The van der Waals surface area contributed by atoms with Gasteiger partial charge in [0, 0.05) is 88.3 Å². The maximum absolute atomic E-state index is 5.94. The lowest BCUT2D eigenvalue weighted by Crippen LogP contribution is -2.30. The van der Waals surface area contributed by atoms with E-state index in [0.717, 1.165) is 28.5 Å². The maximum atomic E-state index is 5.94. The number of thiophene rings is 1. The van der Waals surface area contributed by atoms with Crippen molar-refractivity contribution >= 4 is 33.1 Å². The quantitative estimate of drug-likeness (QED) is 0.161. The number of furan rings is 2. The summed E-state index contributed by atoms with van der Waals surface area (Å²) < 4.78 is 21.9. The molecule has 75 heavy (non-hydrogen) atoms. The first-order valence-corrected chi connectivity index (χ1v) is 26.1. The van der Waals surface area contributed by atoms with Crippen LogP contribution in [0, 0.1) is 34.6 Å². The third-order valence-corrected chi connectivity index (χ3v) is 14.4. The second-order valence-corrected chi connectivity index (χ2v) is 19.6. The van der Waals surface area contributed by atoms with Crippen molar-refractivity contribution in [2.75, 3.05) is 0 Å². The fourth-order valence-corrected chi connectivity index (χ4v) is 10.1. The Hall–Kier alpha value is -8.59. The highest BCUT2D eigenvalue weighted by molar-refractivity contribution is 7.13. The minimum absolute atomic E-state index is 0.947. The number of nitrogens with zero attached hydrogens (tertiary/aromatic N) is 5. The molecule has 0 aliphatic carbocycles. The topological polar surface area (TPSA) is 45.7 Å². The van der Waals surface area contributed by atoms with Gasteiger partial charge in [-0.15, -0.1) is 11.3 Å². The number of pyridine rings is 5. The second-order valence-electron chi connectivity index (χ2n) is 18.7. The monoisotopic (exact) mass is 1010 g/mol. The number of para-hydroxylation sites is 1. The van der Waals surface area contributed by atoms with Gasteiger partial charge in [0.05, 0.1) is 6.26 Å². The zero-order chi connectivity index (χ0) is 52.8. The van der Waals surface area contributed by atoms with Crippen LogP contribution in [0.4, 0.5) is 0 Å². The van der Waals surface area contributed by atoms with E-state index in [4.69, 9.17) is 8.83 Å². The number of rotatable bonds is 5. The Morgan fingerprint density at radius 3 is 1.33 bits per heavy atom. The number of hydrogen-bond donors (Lipinski definition) is 0. The van der Waals surface area contributed by atoms with Crippen molar-refractivity contribution in [2.24, 2.45) is 35.2 Å². The van der Waals surface area contributed by atoms with Crippen molar-refractivity contribution < 1.29 is 31.7 Å². The molecule has 12 aromatic rings. The van der Waals surface area contributed by atoms with Crippen LogP contribution in [-0.4, -0.2) is 0 Å². The Labute approximate surface area is 446 Å². The summed E-state index contributed by atoms with van der Waals surface area (Å²) in [5, 5.41) is 5.92. The summed E-state index contributed by atoms with van der Waals surface area (Å²) in [6, 6.07) is 64.8. The van der Waals surface area contributed by atoms with E-state index in [2.05, 4.69) is 212 Å². The first-order chi connectivity index (χ1) is 36.4. The summed E-state index contributed by atoms with van der Waals surface area (Å²) in [5.74, 6) is 1.90. The molecule has 0 radical (unpaired) electrons. The van der Waals surface area contributed by atoms with E-state index < -0.39 is 0 Å². The zero-order valence-corrected chi connectivity index (χ0v) is 45.7. The molecule has 12 rings (SSSR count). The molecule has 7 nitrogen and oxygen atoms in total. The molecule has 4 aromatic carbocycles. The van der Waals surface area contributed by atoms with Gasteiger partial charge in [0.15, 0.2) is 31.0 Å². The summed E-state index contributed by atoms with van der Waals surface area (Å²) in [5.41, 5.74) is 15.9. The molecule has 0 bridgehead atoms. The minimum Gasteiger partial charge on any atom is -0.458 e. The summed E-state index contributed by atoms with van der Waals surface area (Å²) in [6.07, 6.45) is 12.0. The van der Waals surface area contributed by atoms with Crippen LogP contribution in [0.1, 0.15) is 27.8 Å². The lowest BCUT2D eigenvalue weighted by Gasteiger charge is -2.06. The van der Waals surface area contributed by atoms with Gasteiger partial charge < -0.3 is 8.83 Å². The molecule has 0 fully saturated rings. The Kier molecular flexibility index (Phi) is 17.5. The van der Waals surface area contributed by atoms with Crippen molar-refractivity contribution in [1.82, 2.24) is 0 Å². The lowest BCUT2D eigenvalue weighted by atomic mass is 9.99. The molecule has 0 aliphatic rings. The molecular formula is C67H68N5O2S+5. The molecule has 0 saturated heterocycles. The van der Waals surface area contributed by atoms with Crippen molar-refractivity contribution in [3.63, 3.8) is 0 Å². The molecule has 374 valence electrons. The molecule has 0 unspecified atom stereocenters. The van der Waals surface area contributed by atoms with Crippen molar-refractivity contribution in [1.29, 1.82) is 0 Å². The van der Waals surface area contributed by atoms with Crippen LogP contribution in [0.3, 0.4) is 0 Å². The number of aryl methyl sites for hydroxylation is 10. The molecule has 8 aromatic heterocycles. The number of benzene rings is 4. The molecule has 0 atom stereocenters. The summed E-state index contributed by atoms with van der Waals surface area (Å²) in [4.78, 5) is 1.36. The van der Waals surface area contributed by atoms with Crippen LogP contribution in [0.15, 0.2) is 240 Å². The van der Waals surface area contributed by atoms with Crippen molar-refractivity contribution in [2.45, 2.75) is 34.6 Å². The number of aromatic nitrogens is 5. The Morgan fingerprint density at radius 2 is 0.827 bits per heavy atom. The van der Waals surface area contributed by atoms with Crippen molar-refractivity contribution in [3.8, 4) is 56.0 Å². The summed E-state index contributed by atoms with van der Waals surface area (Å²) in [6.45, 7) is 10.6. The fourth-order valence-electron chi connectivity index (χ4n) is 9.06. The molecule has 8 heterocycles. The summed E-state index contributed by atoms with van der Waals surface area (Å²) >= 11 is 1.80. The highest BCUT2D eigenvalue weighted by Gasteiger charge is 2.19. The first-order valence-electron chi connectivity index (χ1n) is 25.3. The number of hydrogen-bond acceptors (Lipinski definition) is 3. The zero-order valence-electron chi connectivity index (χ0n) is 44.9. The molecule has 0 saturated carbocycles. The van der Waals surface area contributed by atoms with Crippen LogP contribution >= 0.6 is 11.3 Å². The van der Waals surface area contributed by atoms with Gasteiger partial charge in [-0.1, -0.05) is 66.7 Å². The van der Waals surface area contributed by atoms with Gasteiger partial charge >= 0.3 is 0 Å². The standard InChI is InChI=1S/C17H16N.C15H14NO.C13H14N.C11H12NO.C11H12NS/c1-13-11-14-7-3-4-8-15(14)12-16(13)17-9-5-6-10-18(17)2;1-11-12-7-3-4-9-14(12)17-15(11)13-8-5-6-10-16(13)2;1-11-7-3-4-8-12(11)13-9-5-6-10-14(13)2;2*1-9-6-8-13-11(9)10-5-3-4-7-12(10)2/h3-12H,1-2H3;3-10H,1-2H3;3-10H,1-2H3;2*3-8H,1-2H3/q5*+1. The lowest BCUT2D eigenvalue weighted by molar-refractivity contribution is -0.661. The number of fused-ring (bicyclic) bond motifs is 2. The van der Waals surface area contributed by atoms with Gasteiger partial charge in [0.25, 0.3) is 0 Å². The highest BCUT2D eigenvalue weighted by Crippen LogP contribution is 2.31. The van der Waals surface area contributed by atoms with Gasteiger partial charge in [-0.2, -0.15) is 9.13 Å². The van der Waals surface area contributed by atoms with E-state index in [9.17, 15) is 0 Å². The SMILES string of the molecule is Cc1c(-c2cccc[n+]2C)oc2ccccc12.Cc1cc2ccccc2cc1-c1cccc[n+]1C.Cc1ccccc1-c1cccc[n+]1C.Cc1ccoc1-c1cccc[n+]1C.Cc1ccsc1-c1cccc[n+]1C. The summed E-state index contributed by atoms with van der Waals surface area (Å²) in [7, 11) is 10.3. The van der Waals surface area contributed by atoms with E-state index >= 15 is 0 Å². The first kappa shape index (κ1) is 52.7. The van der Waals surface area contributed by atoms with E-state index in [1.807, 2.05) is 105 Å². The molecule has 0 spiro atoms. The Morgan fingerprint density at radius 1 is 0.360 bits per heavy atom. The minimum atomic E-state index is 0.947. The fraction of sp³-hybridized carbons (Fsp3) is 0.149. The van der Waals surface area contributed by atoms with E-state index in [1.54, 1.807) is 17.6 Å². The third kappa shape index (κ3) is 12.8. The second kappa shape index (κ2) is 24.9. The smallest absolute Gasteiger partial charge is 0.248 e. The average Bonchev–Trinajstić information content (AvgIpc) is 4.15. The molecule has 0 aliphatic heterocycles. The normalized spacial score (nSPS) is 10.5. The Balaban J connectivity index is 0.000000125. The molecular weight excluding hydrogens is 939 g/mol. The van der Waals surface area contributed by atoms with Gasteiger partial charge in [-0.3, -0.25) is 0 Å². The largest absolute Gasteiger partial charge is 0.458 e. The van der Waals surface area contributed by atoms with Crippen LogP contribution in [-0.2, 0) is 35.2 Å². The van der Waals surface area contributed by atoms with E-state index in [0.29, 0.717) is 0 Å². The van der Waals surface area contributed by atoms with Crippen LogP contribution < -0.4 is 22.8 Å². The van der Waals surface area contributed by atoms with E-state index in [1.165, 1.54) is 77.1 Å². The molecule has 0 N–H and O–H groups in total. The third-order valence-electron chi connectivity index (χ3n) is 13.3. The van der Waals surface area contributed by atoms with Gasteiger partial charge in [0.1, 0.15) is 45.7 Å². The van der Waals surface area contributed by atoms with Gasteiger partial charge in [-0.05, 0) is 128 Å². The van der Waals surface area contributed by atoms with Gasteiger partial charge in [0.2, 0.25) is 40.0 Å². The van der Waals surface area contributed by atoms with Crippen molar-refractivity contribution in [3.05, 3.63) is 259 Å². The molecule has 0 amide bonds. The van der Waals surface area contributed by atoms with Gasteiger partial charge in [-0.25, -0.2) is 13.7 Å². The highest BCUT2D eigenvalue weighted by atomic mass is 32.1. The predicted octanol–water partition coefficient (Wildman–Crippen LogP) is 14.0. The van der Waals surface area contributed by atoms with Crippen LogP contribution in [0.2, 0.25) is 0 Å². The van der Waals surface area contributed by atoms with Crippen LogP contribution in [0.25, 0.3) is 77.7 Å². The average molecular weight is 1010 g/mol. The van der Waals surface area contributed by atoms with Crippen LogP contribution in [0.5, 0.6) is 0 Å². The maximum Gasteiger partial charge on any atom is 0.248 e. The van der Waals surface area contributed by atoms with E-state index in [-0.39, 0.29) is 0 Å². The molecule has 8 heteroatoms. The predicted molar refractivity (Wildman–Crippen MR) is 306 cm³/mol.